The van der Waals surface area contributed by atoms with Crippen LogP contribution >= 0.6 is 0 Å². The summed E-state index contributed by atoms with van der Waals surface area (Å²) in [5.74, 6) is 5.97. The molecule has 6 saturated carbocycles. The third-order valence-corrected chi connectivity index (χ3v) is 11.3. The summed E-state index contributed by atoms with van der Waals surface area (Å²) < 4.78 is 0. The van der Waals surface area contributed by atoms with Crippen LogP contribution in [0, 0.1) is 51.8 Å². The van der Waals surface area contributed by atoms with Gasteiger partial charge < -0.3 is 0 Å². The SMILES string of the molecule is C=C1C2CCC(C2)C1(C)C.CC1(C)C2CC3C(C2)C31C.CC1=CC=C(C(C)C)CC1. The molecule has 168 valence electrons. The van der Waals surface area contributed by atoms with E-state index < -0.39 is 0 Å². The molecule has 0 heterocycles. The van der Waals surface area contributed by atoms with Gasteiger partial charge in [0.15, 0.2) is 0 Å². The van der Waals surface area contributed by atoms with Crippen LogP contribution in [0.1, 0.15) is 100 Å². The number of hydrogen-bond donors (Lipinski definition) is 0. The van der Waals surface area contributed by atoms with Crippen LogP contribution in [0.2, 0.25) is 0 Å². The Kier molecular flexibility index (Phi) is 5.52. The van der Waals surface area contributed by atoms with Crippen LogP contribution in [0.3, 0.4) is 0 Å². The zero-order valence-corrected chi connectivity index (χ0v) is 21.3. The molecule has 0 aromatic heterocycles. The first-order valence-electron chi connectivity index (χ1n) is 13.0. The van der Waals surface area contributed by atoms with Crippen molar-refractivity contribution in [2.75, 3.05) is 0 Å². The molecule has 6 bridgehead atoms. The van der Waals surface area contributed by atoms with Crippen molar-refractivity contribution in [2.24, 2.45) is 51.8 Å². The molecule has 0 N–H and O–H groups in total. The first kappa shape index (κ1) is 22.4. The Morgan fingerprint density at radius 3 is 1.77 bits per heavy atom. The van der Waals surface area contributed by atoms with E-state index in [1.165, 1.54) is 43.3 Å². The van der Waals surface area contributed by atoms with Crippen LogP contribution in [0.25, 0.3) is 0 Å². The summed E-state index contributed by atoms with van der Waals surface area (Å²) in [6, 6.07) is 0. The van der Waals surface area contributed by atoms with E-state index in [9.17, 15) is 0 Å². The number of fused-ring (bicyclic) bond motifs is 2. The standard InChI is InChI=1S/3C10H16/c1-9(2)6-4-7-8(5-6)10(7,9)3;1-7-8-4-5-9(6-8)10(7,2)3;1-8(2)10-6-4-9(3)5-7-10/h6-8H,4-5H2,1-3H3;8-9H,1,4-6H2,2-3H3;4,6,8H,5,7H2,1-3H3. The molecule has 0 aliphatic heterocycles. The van der Waals surface area contributed by atoms with Crippen molar-refractivity contribution in [3.05, 3.63) is 35.5 Å². The largest absolute Gasteiger partial charge is 0.0990 e. The van der Waals surface area contributed by atoms with E-state index in [4.69, 9.17) is 0 Å². The van der Waals surface area contributed by atoms with Gasteiger partial charge in [0.2, 0.25) is 0 Å². The molecule has 4 unspecified atom stereocenters. The molecule has 7 rings (SSSR count). The molecule has 0 aromatic rings. The molecule has 0 radical (unpaired) electrons. The lowest BCUT2D eigenvalue weighted by Gasteiger charge is -2.31. The Morgan fingerprint density at radius 2 is 1.50 bits per heavy atom. The molecule has 0 amide bonds. The minimum Gasteiger partial charge on any atom is -0.0990 e. The molecule has 6 fully saturated rings. The number of allylic oxidation sites excluding steroid dienone is 5. The second-order valence-electron chi connectivity index (χ2n) is 13.2. The highest BCUT2D eigenvalue weighted by Crippen LogP contribution is 2.85. The summed E-state index contributed by atoms with van der Waals surface area (Å²) in [5.41, 5.74) is 6.61. The van der Waals surface area contributed by atoms with E-state index in [1.807, 2.05) is 0 Å². The predicted octanol–water partition coefficient (Wildman–Crippen LogP) is 9.00. The molecule has 0 saturated heterocycles. The van der Waals surface area contributed by atoms with Gasteiger partial charge in [-0.1, -0.05) is 83.9 Å². The fourth-order valence-electron chi connectivity index (χ4n) is 8.19. The van der Waals surface area contributed by atoms with Gasteiger partial charge in [-0.25, -0.2) is 0 Å². The van der Waals surface area contributed by atoms with Crippen molar-refractivity contribution in [3.63, 3.8) is 0 Å². The smallest absolute Gasteiger partial charge is 0.0116 e. The molecule has 0 spiro atoms. The van der Waals surface area contributed by atoms with E-state index >= 15 is 0 Å². The second-order valence-corrected chi connectivity index (χ2v) is 13.2. The highest BCUT2D eigenvalue weighted by atomic mass is 14.8. The summed E-state index contributed by atoms with van der Waals surface area (Å²) in [7, 11) is 0. The summed E-state index contributed by atoms with van der Waals surface area (Å²) in [6.45, 7) is 23.1. The quantitative estimate of drug-likeness (QED) is 0.380. The van der Waals surface area contributed by atoms with Crippen molar-refractivity contribution in [2.45, 2.75) is 100 Å². The molecule has 7 aliphatic rings. The maximum Gasteiger partial charge on any atom is -0.0116 e. The maximum absolute atomic E-state index is 4.19. The minimum atomic E-state index is 0.475. The van der Waals surface area contributed by atoms with Gasteiger partial charge in [0.25, 0.3) is 0 Å². The average Bonchev–Trinajstić information content (AvgIpc) is 3.24. The van der Waals surface area contributed by atoms with Crippen LogP contribution in [0.15, 0.2) is 35.5 Å². The van der Waals surface area contributed by atoms with E-state index in [-0.39, 0.29) is 0 Å². The van der Waals surface area contributed by atoms with Gasteiger partial charge in [0.05, 0.1) is 0 Å². The Hall–Kier alpha value is -0.780. The monoisotopic (exact) mass is 408 g/mol. The lowest BCUT2D eigenvalue weighted by Crippen LogP contribution is -2.22. The zero-order valence-electron chi connectivity index (χ0n) is 21.3. The molecule has 0 heteroatoms. The first-order valence-corrected chi connectivity index (χ1v) is 13.0. The highest BCUT2D eigenvalue weighted by molar-refractivity contribution is 5.28. The fraction of sp³-hybridized carbons (Fsp3) is 0.800. The number of rotatable bonds is 1. The molecule has 7 aliphatic carbocycles. The van der Waals surface area contributed by atoms with Gasteiger partial charge in [0.1, 0.15) is 0 Å². The predicted molar refractivity (Wildman–Crippen MR) is 131 cm³/mol. The van der Waals surface area contributed by atoms with Crippen LogP contribution in [-0.2, 0) is 0 Å². The highest BCUT2D eigenvalue weighted by Gasteiger charge is 2.79. The maximum atomic E-state index is 4.19. The third-order valence-electron chi connectivity index (χ3n) is 11.3. The van der Waals surface area contributed by atoms with E-state index in [2.05, 4.69) is 74.1 Å². The summed E-state index contributed by atoms with van der Waals surface area (Å²) in [6.07, 6.45) is 14.5. The Labute approximate surface area is 187 Å². The molecular weight excluding hydrogens is 360 g/mol. The molecular formula is C30H48. The van der Waals surface area contributed by atoms with Crippen molar-refractivity contribution in [1.82, 2.24) is 0 Å². The van der Waals surface area contributed by atoms with Gasteiger partial charge in [-0.2, -0.15) is 0 Å². The topological polar surface area (TPSA) is 0 Å². The Morgan fingerprint density at radius 1 is 0.867 bits per heavy atom. The van der Waals surface area contributed by atoms with Crippen LogP contribution < -0.4 is 0 Å². The lowest BCUT2D eigenvalue weighted by molar-refractivity contribution is 0.200. The third kappa shape index (κ3) is 3.31. The lowest BCUT2D eigenvalue weighted by atomic mass is 9.73. The Balaban J connectivity index is 0.000000109. The zero-order chi connectivity index (χ0) is 22.1. The van der Waals surface area contributed by atoms with Gasteiger partial charge in [-0.15, -0.1) is 0 Å². The summed E-state index contributed by atoms with van der Waals surface area (Å²) in [4.78, 5) is 0. The minimum absolute atomic E-state index is 0.475. The summed E-state index contributed by atoms with van der Waals surface area (Å²) >= 11 is 0. The summed E-state index contributed by atoms with van der Waals surface area (Å²) in [5, 5.41) is 0. The van der Waals surface area contributed by atoms with Gasteiger partial charge in [-0.05, 0) is 104 Å². The fourth-order valence-corrected chi connectivity index (χ4v) is 8.19. The van der Waals surface area contributed by atoms with Crippen LogP contribution in [-0.4, -0.2) is 0 Å². The molecule has 0 aromatic carbocycles. The van der Waals surface area contributed by atoms with E-state index in [1.54, 1.807) is 18.4 Å². The second kappa shape index (κ2) is 7.38. The average molecular weight is 409 g/mol. The molecule has 0 nitrogen and oxygen atoms in total. The van der Waals surface area contributed by atoms with Gasteiger partial charge in [-0.3, -0.25) is 0 Å². The van der Waals surface area contributed by atoms with Crippen molar-refractivity contribution < 1.29 is 0 Å². The Bertz CT molecular complexity index is 740. The van der Waals surface area contributed by atoms with E-state index in [0.717, 1.165) is 40.9 Å². The van der Waals surface area contributed by atoms with Crippen molar-refractivity contribution in [1.29, 1.82) is 0 Å². The van der Waals surface area contributed by atoms with Gasteiger partial charge in [0, 0.05) is 0 Å². The van der Waals surface area contributed by atoms with Crippen molar-refractivity contribution >= 4 is 0 Å². The van der Waals surface area contributed by atoms with Gasteiger partial charge >= 0.3 is 0 Å². The van der Waals surface area contributed by atoms with Crippen LogP contribution in [0.5, 0.6) is 0 Å². The molecule has 4 atom stereocenters. The molecule has 30 heavy (non-hydrogen) atoms. The van der Waals surface area contributed by atoms with E-state index in [0.29, 0.717) is 10.8 Å². The normalized spacial score (nSPS) is 42.8. The van der Waals surface area contributed by atoms with Crippen LogP contribution in [0.4, 0.5) is 0 Å². The number of hydrogen-bond acceptors (Lipinski definition) is 0. The van der Waals surface area contributed by atoms with Crippen molar-refractivity contribution in [3.8, 4) is 0 Å². The first-order chi connectivity index (χ1) is 13.9.